The van der Waals surface area contributed by atoms with E-state index in [-0.39, 0.29) is 0 Å². The molecule has 4 nitrogen and oxygen atoms in total. The van der Waals surface area contributed by atoms with Crippen LogP contribution in [0.25, 0.3) is 0 Å². The van der Waals surface area contributed by atoms with Crippen molar-refractivity contribution in [3.63, 3.8) is 0 Å². The first-order chi connectivity index (χ1) is 14.2. The summed E-state index contributed by atoms with van der Waals surface area (Å²) in [7, 11) is 0. The third kappa shape index (κ3) is 7.41. The summed E-state index contributed by atoms with van der Waals surface area (Å²) in [5, 5.41) is 3.43. The van der Waals surface area contributed by atoms with Crippen LogP contribution in [0.4, 0.5) is 5.69 Å². The average Bonchev–Trinajstić information content (AvgIpc) is 2.75. The number of ether oxygens (including phenoxy) is 3. The van der Waals surface area contributed by atoms with Gasteiger partial charge in [0.1, 0.15) is 30.5 Å². The third-order valence-corrected chi connectivity index (χ3v) is 4.20. The fourth-order valence-corrected chi connectivity index (χ4v) is 2.72. The van der Waals surface area contributed by atoms with Gasteiger partial charge in [0.15, 0.2) is 0 Å². The van der Waals surface area contributed by atoms with Crippen molar-refractivity contribution in [3.8, 4) is 17.2 Å². The summed E-state index contributed by atoms with van der Waals surface area (Å²) in [4.78, 5) is 0. The second-order valence-corrected chi connectivity index (χ2v) is 7.24. The number of benzene rings is 3. The molecule has 0 saturated carbocycles. The van der Waals surface area contributed by atoms with Gasteiger partial charge >= 0.3 is 0 Å². The lowest BCUT2D eigenvalue weighted by molar-refractivity contribution is 0.217. The number of nitrogens with one attached hydrogen (secondary N) is 1. The molecule has 3 rings (SSSR count). The summed E-state index contributed by atoms with van der Waals surface area (Å²) in [6, 6.07) is 25.9. The molecule has 0 amide bonds. The SMILES string of the molecule is CC(C)COc1ccc(NCc2cccc(OCCOc3ccccc3)c2)cc1. The van der Waals surface area contributed by atoms with Gasteiger partial charge in [-0.3, -0.25) is 0 Å². The van der Waals surface area contributed by atoms with Gasteiger partial charge in [0.25, 0.3) is 0 Å². The molecule has 0 bridgehead atoms. The van der Waals surface area contributed by atoms with E-state index in [4.69, 9.17) is 14.2 Å². The zero-order chi connectivity index (χ0) is 20.3. The Morgan fingerprint density at radius 3 is 2.07 bits per heavy atom. The Hall–Kier alpha value is -3.14. The topological polar surface area (TPSA) is 39.7 Å². The van der Waals surface area contributed by atoms with Gasteiger partial charge < -0.3 is 19.5 Å². The number of para-hydroxylation sites is 1. The molecule has 152 valence electrons. The van der Waals surface area contributed by atoms with E-state index in [2.05, 4.69) is 31.3 Å². The molecule has 0 saturated heterocycles. The molecule has 0 fully saturated rings. The highest BCUT2D eigenvalue weighted by atomic mass is 16.5. The summed E-state index contributed by atoms with van der Waals surface area (Å²) in [5.41, 5.74) is 2.22. The van der Waals surface area contributed by atoms with Crippen molar-refractivity contribution in [1.82, 2.24) is 0 Å². The first kappa shape index (κ1) is 20.6. The predicted octanol–water partition coefficient (Wildman–Crippen LogP) is 5.79. The van der Waals surface area contributed by atoms with Crippen LogP contribution in [0.3, 0.4) is 0 Å². The van der Waals surface area contributed by atoms with Crippen molar-refractivity contribution in [2.24, 2.45) is 5.92 Å². The van der Waals surface area contributed by atoms with Crippen LogP contribution in [0.1, 0.15) is 19.4 Å². The van der Waals surface area contributed by atoms with Crippen molar-refractivity contribution < 1.29 is 14.2 Å². The average molecular weight is 392 g/mol. The molecule has 0 aliphatic heterocycles. The van der Waals surface area contributed by atoms with E-state index in [0.717, 1.165) is 41.7 Å². The van der Waals surface area contributed by atoms with Crippen LogP contribution in [-0.2, 0) is 6.54 Å². The summed E-state index contributed by atoms with van der Waals surface area (Å²) >= 11 is 0. The van der Waals surface area contributed by atoms with Gasteiger partial charge in [-0.25, -0.2) is 0 Å². The normalized spacial score (nSPS) is 10.6. The minimum absolute atomic E-state index is 0.504. The molecule has 0 aromatic heterocycles. The summed E-state index contributed by atoms with van der Waals surface area (Å²) in [5.74, 6) is 3.12. The first-order valence-corrected chi connectivity index (χ1v) is 10.1. The molecule has 1 N–H and O–H groups in total. The maximum atomic E-state index is 5.81. The number of rotatable bonds is 11. The van der Waals surface area contributed by atoms with E-state index in [9.17, 15) is 0 Å². The number of hydrogen-bond donors (Lipinski definition) is 1. The van der Waals surface area contributed by atoms with E-state index in [1.165, 1.54) is 0 Å². The molecular formula is C25H29NO3. The monoisotopic (exact) mass is 391 g/mol. The molecule has 0 spiro atoms. The van der Waals surface area contributed by atoms with Gasteiger partial charge in [0.05, 0.1) is 6.61 Å². The maximum Gasteiger partial charge on any atom is 0.122 e. The lowest BCUT2D eigenvalue weighted by Gasteiger charge is -2.12. The summed E-state index contributed by atoms with van der Waals surface area (Å²) in [6.07, 6.45) is 0. The van der Waals surface area contributed by atoms with Crippen LogP contribution < -0.4 is 19.5 Å². The second kappa shape index (κ2) is 11.0. The summed E-state index contributed by atoms with van der Waals surface area (Å²) in [6.45, 7) is 6.76. The van der Waals surface area contributed by atoms with Crippen molar-refractivity contribution in [3.05, 3.63) is 84.4 Å². The van der Waals surface area contributed by atoms with Gasteiger partial charge in [0, 0.05) is 12.2 Å². The molecule has 3 aromatic carbocycles. The predicted molar refractivity (Wildman–Crippen MR) is 118 cm³/mol. The van der Waals surface area contributed by atoms with Crippen LogP contribution in [0.15, 0.2) is 78.9 Å². The highest BCUT2D eigenvalue weighted by Crippen LogP contribution is 2.19. The van der Waals surface area contributed by atoms with E-state index in [1.54, 1.807) is 0 Å². The number of hydrogen-bond acceptors (Lipinski definition) is 4. The third-order valence-electron chi connectivity index (χ3n) is 4.20. The molecule has 0 heterocycles. The van der Waals surface area contributed by atoms with Crippen LogP contribution >= 0.6 is 0 Å². The first-order valence-electron chi connectivity index (χ1n) is 10.1. The fourth-order valence-electron chi connectivity index (χ4n) is 2.72. The van der Waals surface area contributed by atoms with E-state index < -0.39 is 0 Å². The van der Waals surface area contributed by atoms with E-state index >= 15 is 0 Å². The summed E-state index contributed by atoms with van der Waals surface area (Å²) < 4.78 is 17.2. The van der Waals surface area contributed by atoms with Crippen LogP contribution in [0.5, 0.6) is 17.2 Å². The van der Waals surface area contributed by atoms with Crippen LogP contribution in [-0.4, -0.2) is 19.8 Å². The van der Waals surface area contributed by atoms with Gasteiger partial charge in [-0.05, 0) is 60.0 Å². The van der Waals surface area contributed by atoms with Gasteiger partial charge in [0.2, 0.25) is 0 Å². The quantitative estimate of drug-likeness (QED) is 0.420. The molecule has 4 heteroatoms. The Bertz CT molecular complexity index is 847. The Labute approximate surface area is 173 Å². The zero-order valence-electron chi connectivity index (χ0n) is 17.1. The molecule has 29 heavy (non-hydrogen) atoms. The molecule has 3 aromatic rings. The minimum Gasteiger partial charge on any atom is -0.493 e. The highest BCUT2D eigenvalue weighted by Gasteiger charge is 2.01. The molecule has 0 radical (unpaired) electrons. The van der Waals surface area contributed by atoms with Crippen molar-refractivity contribution >= 4 is 5.69 Å². The Balaban J connectivity index is 1.42. The molecule has 0 aliphatic rings. The standard InChI is InChI=1S/C25H29NO3/c1-20(2)19-29-24-13-11-22(12-14-24)26-18-21-7-6-10-25(17-21)28-16-15-27-23-8-4-3-5-9-23/h3-14,17,20,26H,15-16,18-19H2,1-2H3. The smallest absolute Gasteiger partial charge is 0.122 e. The van der Waals surface area contributed by atoms with Crippen LogP contribution in [0.2, 0.25) is 0 Å². The lowest BCUT2D eigenvalue weighted by atomic mass is 10.2. The zero-order valence-corrected chi connectivity index (χ0v) is 17.1. The highest BCUT2D eigenvalue weighted by molar-refractivity contribution is 5.47. The van der Waals surface area contributed by atoms with Crippen molar-refractivity contribution in [2.75, 3.05) is 25.1 Å². The molecule has 0 atom stereocenters. The minimum atomic E-state index is 0.504. The molecular weight excluding hydrogens is 362 g/mol. The second-order valence-electron chi connectivity index (χ2n) is 7.24. The van der Waals surface area contributed by atoms with Gasteiger partial charge in [-0.15, -0.1) is 0 Å². The number of anilines is 1. The molecule has 0 unspecified atom stereocenters. The van der Waals surface area contributed by atoms with Crippen LogP contribution in [0, 0.1) is 5.92 Å². The fraction of sp³-hybridized carbons (Fsp3) is 0.280. The van der Waals surface area contributed by atoms with Crippen molar-refractivity contribution in [1.29, 1.82) is 0 Å². The Morgan fingerprint density at radius 2 is 1.34 bits per heavy atom. The Kier molecular flexibility index (Phi) is 7.81. The van der Waals surface area contributed by atoms with Gasteiger partial charge in [-0.1, -0.05) is 44.2 Å². The largest absolute Gasteiger partial charge is 0.493 e. The lowest BCUT2D eigenvalue weighted by Crippen LogP contribution is -2.09. The van der Waals surface area contributed by atoms with E-state index in [0.29, 0.717) is 19.1 Å². The Morgan fingerprint density at radius 1 is 0.690 bits per heavy atom. The van der Waals surface area contributed by atoms with E-state index in [1.807, 2.05) is 66.7 Å². The molecule has 0 aliphatic carbocycles. The maximum absolute atomic E-state index is 5.81. The van der Waals surface area contributed by atoms with Crippen molar-refractivity contribution in [2.45, 2.75) is 20.4 Å². The van der Waals surface area contributed by atoms with Gasteiger partial charge in [-0.2, -0.15) is 0 Å².